The third-order valence-corrected chi connectivity index (χ3v) is 4.97. The number of hydrogen-bond donors (Lipinski definition) is 0. The molecule has 0 spiro atoms. The molecule has 0 radical (unpaired) electrons. The van der Waals surface area contributed by atoms with E-state index >= 15 is 0 Å². The fourth-order valence-corrected chi connectivity index (χ4v) is 3.07. The van der Waals surface area contributed by atoms with Crippen LogP contribution in [0.1, 0.15) is 112 Å². The van der Waals surface area contributed by atoms with Gasteiger partial charge in [-0.1, -0.05) is 98.8 Å². The van der Waals surface area contributed by atoms with E-state index in [9.17, 15) is 0 Å². The van der Waals surface area contributed by atoms with Gasteiger partial charge in [-0.15, -0.1) is 0 Å². The minimum absolute atomic E-state index is 0.657. The topological polar surface area (TPSA) is 9.23 Å². The van der Waals surface area contributed by atoms with Gasteiger partial charge in [0.15, 0.2) is 0 Å². The maximum absolute atomic E-state index is 5.69. The molecule has 0 amide bonds. The summed E-state index contributed by atoms with van der Waals surface area (Å²) in [6, 6.07) is 0. The molecule has 0 saturated carbocycles. The van der Waals surface area contributed by atoms with Crippen molar-refractivity contribution < 1.29 is 4.74 Å². The highest BCUT2D eigenvalue weighted by atomic mass is 16.5. The number of unbranched alkanes of at least 4 members (excludes halogenated alkanes) is 6. The zero-order chi connectivity index (χ0) is 18.0. The molecule has 24 heavy (non-hydrogen) atoms. The Labute approximate surface area is 153 Å². The van der Waals surface area contributed by atoms with E-state index in [2.05, 4.69) is 40.7 Å². The summed E-state index contributed by atoms with van der Waals surface area (Å²) < 4.78 is 5.69. The summed E-state index contributed by atoms with van der Waals surface area (Å²) in [4.78, 5) is 0. The number of ether oxygens (including phenoxy) is 1. The lowest BCUT2D eigenvalue weighted by Gasteiger charge is -2.12. The second kappa shape index (κ2) is 17.4. The van der Waals surface area contributed by atoms with Crippen molar-refractivity contribution in [3.05, 3.63) is 12.3 Å². The molecule has 144 valence electrons. The maximum atomic E-state index is 5.69. The Bertz CT molecular complexity index is 269. The molecule has 0 fully saturated rings. The van der Waals surface area contributed by atoms with Gasteiger partial charge >= 0.3 is 0 Å². The summed E-state index contributed by atoms with van der Waals surface area (Å²) in [5.41, 5.74) is 0. The highest BCUT2D eigenvalue weighted by Gasteiger charge is 2.03. The molecule has 0 aromatic carbocycles. The van der Waals surface area contributed by atoms with E-state index in [1.165, 1.54) is 77.0 Å². The van der Waals surface area contributed by atoms with Crippen molar-refractivity contribution >= 4 is 0 Å². The van der Waals surface area contributed by atoms with Crippen molar-refractivity contribution in [3.63, 3.8) is 0 Å². The first-order chi connectivity index (χ1) is 11.6. The van der Waals surface area contributed by atoms with E-state index in [1.807, 2.05) is 6.26 Å². The summed E-state index contributed by atoms with van der Waals surface area (Å²) in [6.07, 6.45) is 20.6. The lowest BCUT2D eigenvalue weighted by molar-refractivity contribution is 0.219. The van der Waals surface area contributed by atoms with Gasteiger partial charge in [0, 0.05) is 0 Å². The molecular formula is C23H46O. The first kappa shape index (κ1) is 23.5. The summed E-state index contributed by atoms with van der Waals surface area (Å²) in [5, 5.41) is 0. The van der Waals surface area contributed by atoms with Gasteiger partial charge in [-0.25, -0.2) is 0 Å². The predicted molar refractivity (Wildman–Crippen MR) is 109 cm³/mol. The molecule has 0 aromatic rings. The predicted octanol–water partition coefficient (Wildman–Crippen LogP) is 8.15. The average molecular weight is 339 g/mol. The smallest absolute Gasteiger partial charge is 0.0875 e. The van der Waals surface area contributed by atoms with Crippen LogP contribution in [0.15, 0.2) is 12.3 Å². The van der Waals surface area contributed by atoms with E-state index < -0.39 is 0 Å². The Morgan fingerprint density at radius 1 is 0.708 bits per heavy atom. The summed E-state index contributed by atoms with van der Waals surface area (Å²) in [5.74, 6) is 2.29. The van der Waals surface area contributed by atoms with E-state index in [4.69, 9.17) is 4.74 Å². The molecule has 2 atom stereocenters. The van der Waals surface area contributed by atoms with Crippen LogP contribution in [0.25, 0.3) is 0 Å². The zero-order valence-electron chi connectivity index (χ0n) is 17.5. The van der Waals surface area contributed by atoms with Crippen LogP contribution >= 0.6 is 0 Å². The fourth-order valence-electron chi connectivity index (χ4n) is 3.07. The standard InChI is InChI=1S/C23H46O/c1-6-7-8-9-10-11-12-15-22(4)17-19-24-20-18-23(5)16-13-14-21(2)3/h17,19,21-23H,6-16,18,20H2,1-5H3. The van der Waals surface area contributed by atoms with Crippen molar-refractivity contribution in [1.29, 1.82) is 0 Å². The van der Waals surface area contributed by atoms with Gasteiger partial charge in [-0.05, 0) is 36.7 Å². The van der Waals surface area contributed by atoms with E-state index in [0.29, 0.717) is 5.92 Å². The Balaban J connectivity index is 3.42. The van der Waals surface area contributed by atoms with Gasteiger partial charge in [0.25, 0.3) is 0 Å². The van der Waals surface area contributed by atoms with Crippen LogP contribution in [-0.4, -0.2) is 6.61 Å². The van der Waals surface area contributed by atoms with Gasteiger partial charge < -0.3 is 4.74 Å². The SMILES string of the molecule is CCCCCCCCCC(C)C=COCCC(C)CCCC(C)C. The molecule has 0 bridgehead atoms. The Morgan fingerprint density at radius 3 is 2.04 bits per heavy atom. The van der Waals surface area contributed by atoms with Crippen molar-refractivity contribution in [2.24, 2.45) is 17.8 Å². The molecular weight excluding hydrogens is 292 g/mol. The van der Waals surface area contributed by atoms with E-state index in [1.54, 1.807) is 0 Å². The Hall–Kier alpha value is -0.460. The minimum Gasteiger partial charge on any atom is -0.502 e. The average Bonchev–Trinajstić information content (AvgIpc) is 2.53. The van der Waals surface area contributed by atoms with Crippen LogP contribution < -0.4 is 0 Å². The number of allylic oxidation sites excluding steroid dienone is 1. The van der Waals surface area contributed by atoms with Crippen LogP contribution in [-0.2, 0) is 4.74 Å². The number of rotatable bonds is 17. The molecule has 0 aliphatic rings. The van der Waals surface area contributed by atoms with Gasteiger partial charge in [0.1, 0.15) is 0 Å². The van der Waals surface area contributed by atoms with Crippen molar-refractivity contribution in [1.82, 2.24) is 0 Å². The summed E-state index contributed by atoms with van der Waals surface area (Å²) >= 11 is 0. The molecule has 0 aromatic heterocycles. The highest BCUT2D eigenvalue weighted by Crippen LogP contribution is 2.16. The molecule has 0 rings (SSSR count). The van der Waals surface area contributed by atoms with Crippen LogP contribution in [0.2, 0.25) is 0 Å². The van der Waals surface area contributed by atoms with Crippen LogP contribution in [0.3, 0.4) is 0 Å². The van der Waals surface area contributed by atoms with Crippen molar-refractivity contribution in [2.45, 2.75) is 112 Å². The largest absolute Gasteiger partial charge is 0.502 e. The second-order valence-corrected chi connectivity index (χ2v) is 8.31. The second-order valence-electron chi connectivity index (χ2n) is 8.31. The van der Waals surface area contributed by atoms with E-state index in [-0.39, 0.29) is 0 Å². The molecule has 2 unspecified atom stereocenters. The van der Waals surface area contributed by atoms with Gasteiger partial charge in [-0.3, -0.25) is 0 Å². The quantitative estimate of drug-likeness (QED) is 0.192. The first-order valence-electron chi connectivity index (χ1n) is 10.8. The third-order valence-electron chi connectivity index (χ3n) is 4.97. The lowest BCUT2D eigenvalue weighted by Crippen LogP contribution is -2.01. The Kier molecular flexibility index (Phi) is 17.0. The van der Waals surface area contributed by atoms with Gasteiger partial charge in [-0.2, -0.15) is 0 Å². The Morgan fingerprint density at radius 2 is 1.38 bits per heavy atom. The van der Waals surface area contributed by atoms with Crippen LogP contribution in [0.5, 0.6) is 0 Å². The zero-order valence-corrected chi connectivity index (χ0v) is 17.5. The first-order valence-corrected chi connectivity index (χ1v) is 10.8. The van der Waals surface area contributed by atoms with Crippen LogP contribution in [0.4, 0.5) is 0 Å². The minimum atomic E-state index is 0.657. The molecule has 0 saturated heterocycles. The summed E-state index contributed by atoms with van der Waals surface area (Å²) in [7, 11) is 0. The molecule has 1 nitrogen and oxygen atoms in total. The fraction of sp³-hybridized carbons (Fsp3) is 0.913. The van der Waals surface area contributed by atoms with Crippen molar-refractivity contribution in [2.75, 3.05) is 6.61 Å². The lowest BCUT2D eigenvalue weighted by atomic mass is 9.98. The van der Waals surface area contributed by atoms with Gasteiger partial charge in [0.2, 0.25) is 0 Å². The van der Waals surface area contributed by atoms with E-state index in [0.717, 1.165) is 18.4 Å². The van der Waals surface area contributed by atoms with Crippen LogP contribution in [0, 0.1) is 17.8 Å². The monoisotopic (exact) mass is 338 g/mol. The number of hydrogen-bond acceptors (Lipinski definition) is 1. The maximum Gasteiger partial charge on any atom is 0.0875 e. The highest BCUT2D eigenvalue weighted by molar-refractivity contribution is 4.80. The molecule has 0 aliphatic carbocycles. The molecule has 0 aliphatic heterocycles. The molecule has 1 heteroatoms. The molecule has 0 heterocycles. The third kappa shape index (κ3) is 17.9. The molecule has 0 N–H and O–H groups in total. The van der Waals surface area contributed by atoms with Gasteiger partial charge in [0.05, 0.1) is 12.9 Å². The van der Waals surface area contributed by atoms with Crippen molar-refractivity contribution in [3.8, 4) is 0 Å². The normalized spacial score (nSPS) is 14.4. The summed E-state index contributed by atoms with van der Waals surface area (Å²) in [6.45, 7) is 12.5.